The number of nitrogens with zero attached hydrogens (tertiary/aromatic N) is 2. The highest BCUT2D eigenvalue weighted by atomic mass is 35.5. The monoisotopic (exact) mass is 593 g/mol. The van der Waals surface area contributed by atoms with E-state index in [2.05, 4.69) is 20.6 Å². The number of aromatic amines is 1. The maximum absolute atomic E-state index is 15.3. The molecular weight excluding hydrogens is 569 g/mol. The Morgan fingerprint density at radius 1 is 1.20 bits per heavy atom. The number of nitrogens with one attached hydrogen (secondary N) is 3. The van der Waals surface area contributed by atoms with E-state index in [-0.39, 0.29) is 35.1 Å². The molecule has 0 unspecified atom stereocenters. The number of carbonyl (C=O) groups is 3. The summed E-state index contributed by atoms with van der Waals surface area (Å²) in [5.74, 6) is -0.806. The van der Waals surface area contributed by atoms with Crippen LogP contribution in [-0.4, -0.2) is 51.9 Å². The van der Waals surface area contributed by atoms with Crippen LogP contribution in [0.3, 0.4) is 0 Å². The first-order valence-electron chi connectivity index (χ1n) is 13.0. The van der Waals surface area contributed by atoms with Gasteiger partial charge in [-0.15, -0.1) is 11.3 Å². The van der Waals surface area contributed by atoms with Gasteiger partial charge in [0.25, 0.3) is 5.91 Å². The molecule has 0 radical (unpaired) electrons. The number of H-pyrrole nitrogens is 1. The fourth-order valence-electron chi connectivity index (χ4n) is 5.45. The molecule has 4 aromatic rings. The van der Waals surface area contributed by atoms with Crippen LogP contribution in [-0.2, 0) is 21.6 Å². The summed E-state index contributed by atoms with van der Waals surface area (Å²) in [6.07, 6.45) is 3.61. The van der Waals surface area contributed by atoms with Crippen LogP contribution in [0.15, 0.2) is 67.0 Å². The number of hydrogen-bond donors (Lipinski definition) is 3. The minimum Gasteiger partial charge on any atom is -0.436 e. The van der Waals surface area contributed by atoms with Crippen LogP contribution in [0.4, 0.5) is 14.9 Å². The van der Waals surface area contributed by atoms with E-state index in [0.29, 0.717) is 30.1 Å². The van der Waals surface area contributed by atoms with Gasteiger partial charge < -0.3 is 19.9 Å². The highest BCUT2D eigenvalue weighted by Gasteiger charge is 2.49. The van der Waals surface area contributed by atoms with Crippen molar-refractivity contribution >= 4 is 46.5 Å². The normalized spacial score (nSPS) is 18.8. The molecule has 0 aliphatic carbocycles. The number of aromatic nitrogens is 2. The van der Waals surface area contributed by atoms with Crippen LogP contribution in [0.1, 0.15) is 33.6 Å². The van der Waals surface area contributed by atoms with Gasteiger partial charge in [-0.2, -0.15) is 0 Å². The molecular formula is C29H25ClFN5O4S. The number of thiophene rings is 1. The number of likely N-dealkylation sites (tertiary alicyclic amines) is 1. The van der Waals surface area contributed by atoms with Gasteiger partial charge in [0.2, 0.25) is 5.91 Å². The molecule has 2 atom stereocenters. The Labute approximate surface area is 243 Å². The molecule has 4 heterocycles. The zero-order chi connectivity index (χ0) is 28.6. The predicted molar refractivity (Wildman–Crippen MR) is 152 cm³/mol. The van der Waals surface area contributed by atoms with E-state index in [0.717, 1.165) is 10.4 Å². The molecule has 3 N–H and O–H groups in total. The molecule has 2 aliphatic heterocycles. The van der Waals surface area contributed by atoms with Crippen molar-refractivity contribution in [2.75, 3.05) is 18.4 Å². The summed E-state index contributed by atoms with van der Waals surface area (Å²) in [6.45, 7) is 0.276. The number of carbonyl (C=O) groups excluding carboxylic acids is 3. The largest absolute Gasteiger partial charge is 0.436 e. The van der Waals surface area contributed by atoms with Gasteiger partial charge in [0.05, 0.1) is 32.6 Å². The van der Waals surface area contributed by atoms with E-state index in [1.54, 1.807) is 24.5 Å². The van der Waals surface area contributed by atoms with Crippen molar-refractivity contribution in [3.05, 3.63) is 93.8 Å². The smallest absolute Gasteiger partial charge is 0.412 e. The highest BCUT2D eigenvalue weighted by Crippen LogP contribution is 2.45. The van der Waals surface area contributed by atoms with E-state index in [4.69, 9.17) is 16.3 Å². The molecule has 6 rings (SSSR count). The third-order valence-corrected chi connectivity index (χ3v) is 8.67. The van der Waals surface area contributed by atoms with Gasteiger partial charge in [-0.3, -0.25) is 14.9 Å². The molecule has 41 heavy (non-hydrogen) atoms. The summed E-state index contributed by atoms with van der Waals surface area (Å²) in [6, 6.07) is 14.8. The fourth-order valence-corrected chi connectivity index (χ4v) is 6.47. The van der Waals surface area contributed by atoms with Crippen molar-refractivity contribution in [1.29, 1.82) is 0 Å². The summed E-state index contributed by atoms with van der Waals surface area (Å²) >= 11 is 7.36. The van der Waals surface area contributed by atoms with E-state index in [1.165, 1.54) is 28.4 Å². The SMILES string of the molecule is O=C1Nc2ccc(Cl)c(F)c2[C@@]2(CCCN(C(=O)[C@H](Cc3ccccc3)NC(=O)c3ccc(-c4ncc[nH]4)s3)C2)O1. The molecule has 1 fully saturated rings. The summed E-state index contributed by atoms with van der Waals surface area (Å²) in [7, 11) is 0. The van der Waals surface area contributed by atoms with Gasteiger partial charge in [-0.1, -0.05) is 41.9 Å². The molecule has 12 heteroatoms. The van der Waals surface area contributed by atoms with Crippen molar-refractivity contribution in [3.63, 3.8) is 0 Å². The Morgan fingerprint density at radius 2 is 2.02 bits per heavy atom. The van der Waals surface area contributed by atoms with Crippen molar-refractivity contribution in [2.45, 2.75) is 30.9 Å². The second kappa shape index (κ2) is 11.0. The van der Waals surface area contributed by atoms with E-state index >= 15 is 4.39 Å². The predicted octanol–water partition coefficient (Wildman–Crippen LogP) is 5.35. The lowest BCUT2D eigenvalue weighted by atomic mass is 9.82. The van der Waals surface area contributed by atoms with Crippen LogP contribution >= 0.6 is 22.9 Å². The first kappa shape index (κ1) is 27.0. The molecule has 2 aliphatic rings. The van der Waals surface area contributed by atoms with Crippen molar-refractivity contribution < 1.29 is 23.5 Å². The number of benzene rings is 2. The fraction of sp³-hybridized carbons (Fsp3) is 0.241. The maximum Gasteiger partial charge on any atom is 0.412 e. The number of hydrogen-bond acceptors (Lipinski definition) is 6. The number of imidazole rings is 1. The average Bonchev–Trinajstić information content (AvgIpc) is 3.67. The standard InChI is InChI=1S/C29H25ClFN5O4S/c30-18-7-8-19-23(24(18)31)29(40-28(39)35-19)11-4-14-36(16-29)27(38)20(15-17-5-2-1-3-6-17)34-26(37)22-10-9-21(41-22)25-32-12-13-33-25/h1-3,5-10,12-13,20H,4,11,14-16H2,(H,32,33)(H,34,37)(H,35,39)/t20-,29-/m0/s1. The first-order valence-corrected chi connectivity index (χ1v) is 14.2. The Kier molecular flexibility index (Phi) is 7.22. The number of piperidine rings is 1. The summed E-state index contributed by atoms with van der Waals surface area (Å²) in [4.78, 5) is 49.9. The van der Waals surface area contributed by atoms with Gasteiger partial charge in [-0.05, 0) is 42.7 Å². The van der Waals surface area contributed by atoms with Crippen molar-refractivity contribution in [1.82, 2.24) is 20.2 Å². The third kappa shape index (κ3) is 5.30. The molecule has 0 bridgehead atoms. The number of halogens is 2. The van der Waals surface area contributed by atoms with Crippen LogP contribution < -0.4 is 10.6 Å². The first-order chi connectivity index (χ1) is 19.8. The lowest BCUT2D eigenvalue weighted by Gasteiger charge is -2.45. The van der Waals surface area contributed by atoms with Gasteiger partial charge in [0.1, 0.15) is 11.9 Å². The number of ether oxygens (including phenoxy) is 1. The number of rotatable bonds is 6. The zero-order valence-corrected chi connectivity index (χ0v) is 23.2. The van der Waals surface area contributed by atoms with Crippen molar-refractivity contribution in [3.8, 4) is 10.7 Å². The van der Waals surface area contributed by atoms with Crippen LogP contribution in [0.25, 0.3) is 10.7 Å². The molecule has 1 saturated heterocycles. The Morgan fingerprint density at radius 3 is 2.80 bits per heavy atom. The third-order valence-electron chi connectivity index (χ3n) is 7.29. The second-order valence-electron chi connectivity index (χ2n) is 9.97. The van der Waals surface area contributed by atoms with E-state index < -0.39 is 29.5 Å². The lowest BCUT2D eigenvalue weighted by Crippen LogP contribution is -2.57. The Bertz CT molecular complexity index is 1610. The molecule has 2 aromatic heterocycles. The van der Waals surface area contributed by atoms with E-state index in [9.17, 15) is 14.4 Å². The van der Waals surface area contributed by atoms with E-state index in [1.807, 2.05) is 30.3 Å². The molecule has 0 saturated carbocycles. The number of fused-ring (bicyclic) bond motifs is 2. The van der Waals surface area contributed by atoms with Gasteiger partial charge >= 0.3 is 6.09 Å². The minimum absolute atomic E-state index is 0.0771. The topological polar surface area (TPSA) is 116 Å². The second-order valence-corrected chi connectivity index (χ2v) is 11.5. The molecule has 9 nitrogen and oxygen atoms in total. The van der Waals surface area contributed by atoms with Crippen molar-refractivity contribution in [2.24, 2.45) is 0 Å². The zero-order valence-electron chi connectivity index (χ0n) is 21.7. The van der Waals surface area contributed by atoms with Gasteiger partial charge in [0, 0.05) is 25.4 Å². The summed E-state index contributed by atoms with van der Waals surface area (Å²) in [5.41, 5.74) is -0.170. The number of amides is 3. The van der Waals surface area contributed by atoms with Gasteiger partial charge in [0.15, 0.2) is 11.4 Å². The van der Waals surface area contributed by atoms with Gasteiger partial charge in [-0.25, -0.2) is 14.2 Å². The quantitative estimate of drug-likeness (QED) is 0.279. The van der Waals surface area contributed by atoms with Crippen LogP contribution in [0.2, 0.25) is 5.02 Å². The molecule has 210 valence electrons. The van der Waals surface area contributed by atoms with Crippen LogP contribution in [0.5, 0.6) is 0 Å². The average molecular weight is 594 g/mol. The molecule has 2 aromatic carbocycles. The van der Waals surface area contributed by atoms with Crippen LogP contribution in [0, 0.1) is 5.82 Å². The summed E-state index contributed by atoms with van der Waals surface area (Å²) < 4.78 is 21.1. The Balaban J connectivity index is 1.28. The minimum atomic E-state index is -1.41. The maximum atomic E-state index is 15.3. The lowest BCUT2D eigenvalue weighted by molar-refractivity contribution is -0.141. The number of anilines is 1. The summed E-state index contributed by atoms with van der Waals surface area (Å²) in [5, 5.41) is 5.34. The molecule has 1 spiro atoms. The molecule has 3 amide bonds. The Hall–Kier alpha value is -4.22. The highest BCUT2D eigenvalue weighted by molar-refractivity contribution is 7.17.